The second-order valence-electron chi connectivity index (χ2n) is 24.9. The van der Waals surface area contributed by atoms with E-state index in [4.69, 9.17) is 0 Å². The van der Waals surface area contributed by atoms with Crippen LogP contribution in [-0.2, 0) is 19.2 Å². The van der Waals surface area contributed by atoms with Gasteiger partial charge in [-0.15, -0.1) is 0 Å². The van der Waals surface area contributed by atoms with Gasteiger partial charge in [-0.05, 0) is 206 Å². The Morgan fingerprint density at radius 2 is 1.10 bits per heavy atom. The third-order valence-electron chi connectivity index (χ3n) is 21.5. The molecule has 68 heavy (non-hydrogen) atoms. The molecule has 0 aromatic rings. The SMILES string of the molecule is CC(=O)[C@H]1CC=C2C3=C(CC[C@@]21C)[C@@]1(C)CCC(=O)C=C1CC3.C[C@H](O)[C@H]1CC=C2C3=C(CC[C@@]21C)[C@@]1(C)CCC(=O)C=C1CC3.C[C@]12C=CC(=O)C=C1CCC1=C2CC[C@@]2(C)C1=CC[C@]2(C)O. The first kappa shape index (κ1) is 47.7. The lowest BCUT2D eigenvalue weighted by molar-refractivity contribution is -0.123. The van der Waals surface area contributed by atoms with E-state index in [9.17, 15) is 29.4 Å². The van der Waals surface area contributed by atoms with E-state index < -0.39 is 5.60 Å². The lowest BCUT2D eigenvalue weighted by Crippen LogP contribution is -2.45. The van der Waals surface area contributed by atoms with Crippen molar-refractivity contribution >= 4 is 23.1 Å². The molecule has 0 radical (unpaired) electrons. The Labute approximate surface area is 406 Å². The minimum Gasteiger partial charge on any atom is -0.393 e. The van der Waals surface area contributed by atoms with Crippen molar-refractivity contribution in [3.63, 3.8) is 0 Å². The summed E-state index contributed by atoms with van der Waals surface area (Å²) in [5, 5.41) is 21.0. The predicted octanol–water partition coefficient (Wildman–Crippen LogP) is 13.2. The maximum Gasteiger partial charge on any atom is 0.178 e. The van der Waals surface area contributed by atoms with E-state index in [0.717, 1.165) is 109 Å². The summed E-state index contributed by atoms with van der Waals surface area (Å²) in [6.45, 7) is 19.6. The monoisotopic (exact) mass is 919 g/mol. The van der Waals surface area contributed by atoms with Crippen LogP contribution in [0.25, 0.3) is 0 Å². The molecule has 12 rings (SSSR count). The number of ketones is 4. The topological polar surface area (TPSA) is 109 Å². The summed E-state index contributed by atoms with van der Waals surface area (Å²) in [6, 6.07) is 0. The van der Waals surface area contributed by atoms with Crippen molar-refractivity contribution in [2.24, 2.45) is 44.3 Å². The van der Waals surface area contributed by atoms with Gasteiger partial charge in [-0.3, -0.25) is 19.2 Å². The highest BCUT2D eigenvalue weighted by Crippen LogP contribution is 2.65. The molecule has 0 saturated carbocycles. The van der Waals surface area contributed by atoms with Crippen molar-refractivity contribution in [2.45, 2.75) is 196 Å². The molecule has 12 aliphatic carbocycles. The van der Waals surface area contributed by atoms with E-state index >= 15 is 0 Å². The summed E-state index contributed by atoms with van der Waals surface area (Å²) >= 11 is 0. The molecule has 12 aliphatic rings. The third kappa shape index (κ3) is 6.96. The van der Waals surface area contributed by atoms with Gasteiger partial charge < -0.3 is 10.2 Å². The first-order chi connectivity index (χ1) is 32.0. The Balaban J connectivity index is 0.000000119. The van der Waals surface area contributed by atoms with Gasteiger partial charge in [0.1, 0.15) is 5.78 Å². The number of carbonyl (C=O) groups is 4. The molecular weight excluding hydrogens is 841 g/mol. The van der Waals surface area contributed by atoms with Crippen LogP contribution in [0.5, 0.6) is 0 Å². The summed E-state index contributed by atoms with van der Waals surface area (Å²) < 4.78 is 0. The Morgan fingerprint density at radius 3 is 1.68 bits per heavy atom. The van der Waals surface area contributed by atoms with Crippen LogP contribution in [0.4, 0.5) is 0 Å². The number of hydrogen-bond acceptors (Lipinski definition) is 6. The summed E-state index contributed by atoms with van der Waals surface area (Å²) in [7, 11) is 0. The van der Waals surface area contributed by atoms with Gasteiger partial charge in [0.15, 0.2) is 17.3 Å². The van der Waals surface area contributed by atoms with Crippen LogP contribution < -0.4 is 0 Å². The third-order valence-corrected chi connectivity index (χ3v) is 21.5. The first-order valence-electron chi connectivity index (χ1n) is 26.6. The molecule has 0 fully saturated rings. The fraction of sp³-hybridized carbons (Fsp3) is 0.613. The molecule has 0 aromatic carbocycles. The van der Waals surface area contributed by atoms with Gasteiger partial charge >= 0.3 is 0 Å². The molecule has 0 aliphatic heterocycles. The van der Waals surface area contributed by atoms with Gasteiger partial charge in [-0.1, -0.05) is 92.4 Å². The average Bonchev–Trinajstić information content (AvgIpc) is 3.92. The summed E-state index contributed by atoms with van der Waals surface area (Å²) in [5.41, 5.74) is 17.2. The number of aliphatic hydroxyl groups excluding tert-OH is 1. The van der Waals surface area contributed by atoms with Gasteiger partial charge in [0, 0.05) is 45.8 Å². The minimum absolute atomic E-state index is 0.0483. The Kier molecular flexibility index (Phi) is 11.4. The van der Waals surface area contributed by atoms with Gasteiger partial charge in [-0.25, -0.2) is 0 Å². The number of carbonyl (C=O) groups excluding carboxylic acids is 4. The van der Waals surface area contributed by atoms with E-state index in [1.54, 1.807) is 29.7 Å². The number of aliphatic hydroxyl groups is 2. The van der Waals surface area contributed by atoms with Gasteiger partial charge in [0.05, 0.1) is 11.7 Å². The van der Waals surface area contributed by atoms with E-state index in [1.165, 1.54) is 50.2 Å². The van der Waals surface area contributed by atoms with E-state index in [1.807, 2.05) is 32.1 Å². The number of Topliss-reactive ketones (excluding diaryl/α,β-unsaturated/α-hetero) is 1. The first-order valence-corrected chi connectivity index (χ1v) is 26.6. The fourth-order valence-corrected chi connectivity index (χ4v) is 16.8. The molecule has 6 heteroatoms. The normalized spacial score (nSPS) is 41.1. The van der Waals surface area contributed by atoms with Crippen molar-refractivity contribution in [3.8, 4) is 0 Å². The smallest absolute Gasteiger partial charge is 0.178 e. The average molecular weight is 919 g/mol. The van der Waals surface area contributed by atoms with Crippen molar-refractivity contribution in [1.82, 2.24) is 0 Å². The van der Waals surface area contributed by atoms with Crippen molar-refractivity contribution in [3.05, 3.63) is 115 Å². The standard InChI is InChI=1S/C21H28O2.C21H26O2.C20H24O2/c2*1-13(22)17-6-7-18-16-5-4-14-12-15(23)8-10-20(14,2)19(16)9-11-21(17,18)3;1-18-9-6-14(21)12-13(18)4-5-15-16(18)7-10-19(2)17(15)8-11-20(19,3)22/h7,12-13,17,22H,4-6,8-11H2,1-3H3;7,12,17H,4-6,8-11H2,1-3H3;6,8-9,12,22H,4-5,7,10-11H2,1-3H3/t13-,17+,20-,21+;17-,20+,21-;18-,19-,20-/m010/s1. The predicted molar refractivity (Wildman–Crippen MR) is 270 cm³/mol. The molecule has 10 atom stereocenters. The van der Waals surface area contributed by atoms with E-state index in [2.05, 4.69) is 65.8 Å². The Hall–Kier alpha value is -4.00. The second kappa shape index (κ2) is 16.3. The lowest BCUT2D eigenvalue weighted by atomic mass is 9.54. The second-order valence-corrected chi connectivity index (χ2v) is 24.9. The largest absolute Gasteiger partial charge is 0.393 e. The molecular formula is C62H78O6. The molecule has 2 N–H and O–H groups in total. The molecule has 0 aromatic heterocycles. The molecule has 362 valence electrons. The van der Waals surface area contributed by atoms with Crippen LogP contribution in [0, 0.1) is 44.3 Å². The minimum atomic E-state index is -0.629. The molecule has 0 unspecified atom stereocenters. The molecule has 6 nitrogen and oxygen atoms in total. The molecule has 0 amide bonds. The van der Waals surface area contributed by atoms with Gasteiger partial charge in [0.25, 0.3) is 0 Å². The Morgan fingerprint density at radius 1 is 0.588 bits per heavy atom. The fourth-order valence-electron chi connectivity index (χ4n) is 16.8. The zero-order chi connectivity index (χ0) is 48.6. The number of allylic oxidation sites excluding steroid dienone is 18. The summed E-state index contributed by atoms with van der Waals surface area (Å²) in [6.07, 6.45) is 35.0. The molecule has 0 bridgehead atoms. The summed E-state index contributed by atoms with van der Waals surface area (Å²) in [4.78, 5) is 47.5. The number of fused-ring (bicyclic) bond motifs is 12. The van der Waals surface area contributed by atoms with Crippen molar-refractivity contribution < 1.29 is 29.4 Å². The zero-order valence-corrected chi connectivity index (χ0v) is 42.8. The maximum absolute atomic E-state index is 12.1. The molecule has 0 spiro atoms. The summed E-state index contributed by atoms with van der Waals surface area (Å²) in [5.74, 6) is 1.62. The van der Waals surface area contributed by atoms with Crippen molar-refractivity contribution in [2.75, 3.05) is 0 Å². The molecule has 0 heterocycles. The van der Waals surface area contributed by atoms with E-state index in [0.29, 0.717) is 36.1 Å². The maximum atomic E-state index is 12.1. The highest BCUT2D eigenvalue weighted by Gasteiger charge is 2.56. The zero-order valence-electron chi connectivity index (χ0n) is 42.8. The van der Waals surface area contributed by atoms with Crippen molar-refractivity contribution in [1.29, 1.82) is 0 Å². The van der Waals surface area contributed by atoms with Crippen LogP contribution >= 0.6 is 0 Å². The highest BCUT2D eigenvalue weighted by molar-refractivity contribution is 6.01. The Bertz CT molecular complexity index is 2640. The van der Waals surface area contributed by atoms with E-state index in [-0.39, 0.29) is 50.3 Å². The van der Waals surface area contributed by atoms with Gasteiger partial charge in [0.2, 0.25) is 0 Å². The van der Waals surface area contributed by atoms with Crippen LogP contribution in [0.2, 0.25) is 0 Å². The number of rotatable bonds is 2. The quantitative estimate of drug-likeness (QED) is 0.286. The van der Waals surface area contributed by atoms with Crippen LogP contribution in [0.15, 0.2) is 115 Å². The van der Waals surface area contributed by atoms with Gasteiger partial charge in [-0.2, -0.15) is 0 Å². The van der Waals surface area contributed by atoms with Crippen LogP contribution in [-0.4, -0.2) is 45.1 Å². The lowest BCUT2D eigenvalue weighted by Gasteiger charge is -2.50. The number of hydrogen-bond donors (Lipinski definition) is 2. The molecule has 0 saturated heterocycles. The van der Waals surface area contributed by atoms with Crippen LogP contribution in [0.1, 0.15) is 184 Å². The highest BCUT2D eigenvalue weighted by atomic mass is 16.3. The van der Waals surface area contributed by atoms with Crippen LogP contribution in [0.3, 0.4) is 0 Å².